The van der Waals surface area contributed by atoms with Crippen molar-refractivity contribution in [3.8, 4) is 11.5 Å². The van der Waals surface area contributed by atoms with Crippen LogP contribution < -0.4 is 9.47 Å². The molecule has 1 unspecified atom stereocenters. The minimum atomic E-state index is -0.687. The summed E-state index contributed by atoms with van der Waals surface area (Å²) < 4.78 is 56.2. The molecule has 0 spiro atoms. The third-order valence-corrected chi connectivity index (χ3v) is 8.97. The largest absolute Gasteiger partial charge is 0.493 e. The molecule has 2 saturated carbocycles. The van der Waals surface area contributed by atoms with Gasteiger partial charge in [-0.2, -0.15) is 0 Å². The summed E-state index contributed by atoms with van der Waals surface area (Å²) in [6.45, 7) is 6.64. The third kappa shape index (κ3) is 7.84. The molecule has 0 radical (unpaired) electrons. The summed E-state index contributed by atoms with van der Waals surface area (Å²) in [5.41, 5.74) is 0.977. The monoisotopic (exact) mass is 558 g/mol. The fourth-order valence-corrected chi connectivity index (χ4v) is 6.51. The predicted molar refractivity (Wildman–Crippen MR) is 153 cm³/mol. The van der Waals surface area contributed by atoms with Crippen molar-refractivity contribution in [1.82, 2.24) is 0 Å². The summed E-state index contributed by atoms with van der Waals surface area (Å²) in [4.78, 5) is 0. The standard InChI is InChI=1S/C34H45F3O3/c1-3-5-6-20-39-32-19-16-27(21-30(32)35)40-22-23-8-10-24(11-9-23)28-17-18-29(34(37)33(28)36)25-12-14-26(15-13-25)31(38)7-4-2/h3,16-19,21,23-26,31,38H,1,4-15,20,22H2,2H3. The van der Waals surface area contributed by atoms with Gasteiger partial charge in [-0.1, -0.05) is 31.6 Å². The second-order valence-electron chi connectivity index (χ2n) is 11.7. The lowest BCUT2D eigenvalue weighted by atomic mass is 9.75. The first-order chi connectivity index (χ1) is 19.4. The number of rotatable bonds is 13. The average Bonchev–Trinajstić information content (AvgIpc) is 2.97. The fraction of sp³-hybridized carbons (Fsp3) is 0.588. The van der Waals surface area contributed by atoms with Crippen LogP contribution in [0.15, 0.2) is 43.0 Å². The van der Waals surface area contributed by atoms with Crippen molar-refractivity contribution in [1.29, 1.82) is 0 Å². The Morgan fingerprint density at radius 1 is 0.900 bits per heavy atom. The van der Waals surface area contributed by atoms with Gasteiger partial charge in [0, 0.05) is 6.07 Å². The van der Waals surface area contributed by atoms with Gasteiger partial charge in [0.05, 0.1) is 19.3 Å². The van der Waals surface area contributed by atoms with E-state index in [0.29, 0.717) is 36.0 Å². The summed E-state index contributed by atoms with van der Waals surface area (Å²) in [6.07, 6.45) is 11.5. The van der Waals surface area contributed by atoms with Crippen LogP contribution in [0.5, 0.6) is 11.5 Å². The zero-order chi connectivity index (χ0) is 28.5. The van der Waals surface area contributed by atoms with Crippen LogP contribution in [0.1, 0.15) is 107 Å². The Labute approximate surface area is 237 Å². The fourth-order valence-electron chi connectivity index (χ4n) is 6.51. The number of hydrogen-bond donors (Lipinski definition) is 1. The zero-order valence-electron chi connectivity index (χ0n) is 23.9. The van der Waals surface area contributed by atoms with Crippen LogP contribution in [-0.2, 0) is 0 Å². The van der Waals surface area contributed by atoms with E-state index in [9.17, 15) is 9.50 Å². The molecule has 2 aliphatic carbocycles. The summed E-state index contributed by atoms with van der Waals surface area (Å²) in [5.74, 6) is -0.552. The third-order valence-electron chi connectivity index (χ3n) is 8.97. The molecule has 1 N–H and O–H groups in total. The highest BCUT2D eigenvalue weighted by atomic mass is 19.2. The van der Waals surface area contributed by atoms with Gasteiger partial charge >= 0.3 is 0 Å². The minimum absolute atomic E-state index is 0.00491. The maximum absolute atomic E-state index is 15.3. The van der Waals surface area contributed by atoms with Crippen LogP contribution in [-0.4, -0.2) is 24.4 Å². The van der Waals surface area contributed by atoms with E-state index in [1.165, 1.54) is 6.07 Å². The number of benzene rings is 2. The van der Waals surface area contributed by atoms with E-state index in [-0.39, 0.29) is 29.6 Å². The molecule has 0 aliphatic heterocycles. The summed E-state index contributed by atoms with van der Waals surface area (Å²) in [5, 5.41) is 10.3. The van der Waals surface area contributed by atoms with Crippen molar-refractivity contribution in [2.24, 2.45) is 11.8 Å². The number of allylic oxidation sites excluding steroid dienone is 1. The second kappa shape index (κ2) is 15.0. The Bertz CT molecular complexity index is 1090. The first-order valence-electron chi connectivity index (χ1n) is 15.2. The van der Waals surface area contributed by atoms with Gasteiger partial charge in [-0.15, -0.1) is 6.58 Å². The quantitative estimate of drug-likeness (QED) is 0.197. The molecule has 2 fully saturated rings. The molecule has 0 heterocycles. The van der Waals surface area contributed by atoms with Gasteiger partial charge in [-0.25, -0.2) is 13.2 Å². The molecule has 2 aromatic rings. The highest BCUT2D eigenvalue weighted by Crippen LogP contribution is 2.42. The van der Waals surface area contributed by atoms with Crippen molar-refractivity contribution in [2.45, 2.75) is 102 Å². The molecule has 220 valence electrons. The van der Waals surface area contributed by atoms with Crippen LogP contribution in [0.25, 0.3) is 0 Å². The van der Waals surface area contributed by atoms with Gasteiger partial charge in [-0.3, -0.25) is 0 Å². The molecule has 1 atom stereocenters. The number of aliphatic hydroxyl groups is 1. The van der Waals surface area contributed by atoms with E-state index in [0.717, 1.165) is 77.0 Å². The topological polar surface area (TPSA) is 38.7 Å². The van der Waals surface area contributed by atoms with Crippen LogP contribution in [0.3, 0.4) is 0 Å². The van der Waals surface area contributed by atoms with E-state index in [1.54, 1.807) is 24.3 Å². The lowest BCUT2D eigenvalue weighted by molar-refractivity contribution is 0.0727. The van der Waals surface area contributed by atoms with Crippen molar-refractivity contribution in [3.63, 3.8) is 0 Å². The van der Waals surface area contributed by atoms with Crippen LogP contribution in [0, 0.1) is 29.3 Å². The van der Waals surface area contributed by atoms with Crippen molar-refractivity contribution in [3.05, 3.63) is 71.6 Å². The minimum Gasteiger partial charge on any atom is -0.493 e. The molecule has 4 rings (SSSR count). The summed E-state index contributed by atoms with van der Waals surface area (Å²) >= 11 is 0. The van der Waals surface area contributed by atoms with Crippen LogP contribution >= 0.6 is 0 Å². The van der Waals surface area contributed by atoms with Crippen molar-refractivity contribution in [2.75, 3.05) is 13.2 Å². The number of hydrogen-bond acceptors (Lipinski definition) is 3. The van der Waals surface area contributed by atoms with Crippen LogP contribution in [0.2, 0.25) is 0 Å². The molecule has 3 nitrogen and oxygen atoms in total. The molecular weight excluding hydrogens is 513 g/mol. The smallest absolute Gasteiger partial charge is 0.168 e. The number of ether oxygens (including phenoxy) is 2. The second-order valence-corrected chi connectivity index (χ2v) is 11.7. The molecule has 40 heavy (non-hydrogen) atoms. The van der Waals surface area contributed by atoms with Gasteiger partial charge in [0.15, 0.2) is 23.2 Å². The first kappa shape index (κ1) is 30.5. The lowest BCUT2D eigenvalue weighted by Crippen LogP contribution is -2.25. The maximum atomic E-state index is 15.3. The van der Waals surface area contributed by atoms with Crippen molar-refractivity contribution < 1.29 is 27.8 Å². The van der Waals surface area contributed by atoms with E-state index in [4.69, 9.17) is 9.47 Å². The first-order valence-corrected chi connectivity index (χ1v) is 15.2. The zero-order valence-corrected chi connectivity index (χ0v) is 23.9. The van der Waals surface area contributed by atoms with Gasteiger partial charge in [0.2, 0.25) is 0 Å². The lowest BCUT2D eigenvalue weighted by Gasteiger charge is -2.32. The molecule has 0 bridgehead atoms. The molecule has 0 aromatic heterocycles. The average molecular weight is 559 g/mol. The van der Waals surface area contributed by atoms with E-state index in [2.05, 4.69) is 13.5 Å². The number of aliphatic hydroxyl groups excluding tert-OH is 1. The molecule has 6 heteroatoms. The number of halogens is 3. The van der Waals surface area contributed by atoms with Crippen LogP contribution in [0.4, 0.5) is 13.2 Å². The Balaban J connectivity index is 1.25. The van der Waals surface area contributed by atoms with Crippen molar-refractivity contribution >= 4 is 0 Å². The van der Waals surface area contributed by atoms with Gasteiger partial charge in [0.1, 0.15) is 5.75 Å². The van der Waals surface area contributed by atoms with Gasteiger partial charge in [0.25, 0.3) is 0 Å². The Hall–Kier alpha value is -2.47. The van der Waals surface area contributed by atoms with Gasteiger partial charge in [-0.05, 0) is 118 Å². The highest BCUT2D eigenvalue weighted by Gasteiger charge is 2.31. The van der Waals surface area contributed by atoms with Gasteiger partial charge < -0.3 is 14.6 Å². The van der Waals surface area contributed by atoms with E-state index < -0.39 is 17.5 Å². The molecule has 2 aromatic carbocycles. The molecule has 0 saturated heterocycles. The van der Waals surface area contributed by atoms with E-state index >= 15 is 8.78 Å². The Morgan fingerprint density at radius 3 is 2.10 bits per heavy atom. The normalized spacial score (nSPS) is 23.9. The Kier molecular flexibility index (Phi) is 11.4. The maximum Gasteiger partial charge on any atom is 0.168 e. The molecular formula is C34H45F3O3. The molecule has 2 aliphatic rings. The Morgan fingerprint density at radius 2 is 1.52 bits per heavy atom. The van der Waals surface area contributed by atoms with E-state index in [1.807, 2.05) is 6.08 Å². The summed E-state index contributed by atoms with van der Waals surface area (Å²) in [6, 6.07) is 8.28. The highest BCUT2D eigenvalue weighted by molar-refractivity contribution is 5.33. The summed E-state index contributed by atoms with van der Waals surface area (Å²) in [7, 11) is 0. The number of unbranched alkanes of at least 4 members (excludes halogenated alkanes) is 1. The predicted octanol–water partition coefficient (Wildman–Crippen LogP) is 9.24. The SMILES string of the molecule is C=CCCCOc1ccc(OCC2CCC(c3ccc(C4CCC(C(O)CCC)CC4)c(F)c3F)CC2)cc1F. The molecule has 0 amide bonds.